The van der Waals surface area contributed by atoms with Crippen molar-refractivity contribution in [2.24, 2.45) is 0 Å². The highest BCUT2D eigenvalue weighted by Gasteiger charge is 2.09. The van der Waals surface area contributed by atoms with E-state index in [1.165, 1.54) is 6.26 Å². The predicted molar refractivity (Wildman–Crippen MR) is 78.5 cm³/mol. The predicted octanol–water partition coefficient (Wildman–Crippen LogP) is 1.72. The molecule has 21 heavy (non-hydrogen) atoms. The number of sulfone groups is 1. The zero-order valence-electron chi connectivity index (χ0n) is 11.4. The normalized spacial score (nSPS) is 11.7. The number of nitrogens with zero attached hydrogens (tertiary/aromatic N) is 3. The highest BCUT2D eigenvalue weighted by Crippen LogP contribution is 2.22. The molecule has 6 nitrogen and oxygen atoms in total. The van der Waals surface area contributed by atoms with Gasteiger partial charge in [-0.15, -0.1) is 0 Å². The molecule has 0 saturated carbocycles. The molecule has 2 heterocycles. The summed E-state index contributed by atoms with van der Waals surface area (Å²) >= 11 is 0. The average Bonchev–Trinajstić information content (AvgIpc) is 3.10. The van der Waals surface area contributed by atoms with E-state index in [4.69, 9.17) is 0 Å². The first-order valence-electron chi connectivity index (χ1n) is 6.33. The van der Waals surface area contributed by atoms with E-state index >= 15 is 0 Å². The Morgan fingerprint density at radius 3 is 2.81 bits per heavy atom. The Kier molecular flexibility index (Phi) is 3.34. The van der Waals surface area contributed by atoms with Gasteiger partial charge in [0.15, 0.2) is 9.84 Å². The second-order valence-electron chi connectivity index (χ2n) is 4.81. The highest BCUT2D eigenvalue weighted by molar-refractivity contribution is 7.90. The Balaban J connectivity index is 1.89. The minimum atomic E-state index is -3.21. The van der Waals surface area contributed by atoms with Gasteiger partial charge in [0.2, 0.25) is 0 Å². The Morgan fingerprint density at radius 1 is 1.24 bits per heavy atom. The first-order chi connectivity index (χ1) is 10.0. The van der Waals surface area contributed by atoms with Crippen LogP contribution in [0, 0.1) is 0 Å². The summed E-state index contributed by atoms with van der Waals surface area (Å²) in [6.45, 7) is 0.589. The number of rotatable bonds is 4. The van der Waals surface area contributed by atoms with Crippen molar-refractivity contribution in [2.75, 3.05) is 6.26 Å². The number of hydrogen-bond donors (Lipinski definition) is 1. The van der Waals surface area contributed by atoms with E-state index in [1.54, 1.807) is 35.3 Å². The van der Waals surface area contributed by atoms with Crippen molar-refractivity contribution < 1.29 is 8.42 Å². The summed E-state index contributed by atoms with van der Waals surface area (Å²) in [5, 5.41) is 11.0. The smallest absolute Gasteiger partial charge is 0.175 e. The van der Waals surface area contributed by atoms with Crippen LogP contribution in [0.3, 0.4) is 0 Å². The van der Waals surface area contributed by atoms with Crippen LogP contribution in [0.25, 0.3) is 11.1 Å². The van der Waals surface area contributed by atoms with Crippen LogP contribution >= 0.6 is 0 Å². The van der Waals surface area contributed by atoms with Gasteiger partial charge in [-0.3, -0.25) is 9.78 Å². The monoisotopic (exact) mass is 302 g/mol. The summed E-state index contributed by atoms with van der Waals surface area (Å²) in [5.41, 5.74) is 2.66. The van der Waals surface area contributed by atoms with Crippen molar-refractivity contribution in [1.82, 2.24) is 20.0 Å². The molecule has 1 N–H and O–H groups in total. The number of H-pyrrole nitrogens is 1. The molecule has 0 atom stereocenters. The SMILES string of the molecule is CS(=O)(=O)c1cccc(-c2cnn(Cc3ccn[nH]3)c2)c1. The summed E-state index contributed by atoms with van der Waals surface area (Å²) < 4.78 is 25.0. The fourth-order valence-electron chi connectivity index (χ4n) is 2.05. The maximum atomic E-state index is 11.6. The van der Waals surface area contributed by atoms with E-state index in [0.29, 0.717) is 11.4 Å². The van der Waals surface area contributed by atoms with Crippen molar-refractivity contribution in [3.63, 3.8) is 0 Å². The Labute approximate surface area is 122 Å². The Morgan fingerprint density at radius 2 is 2.10 bits per heavy atom. The molecule has 3 aromatic rings. The van der Waals surface area contributed by atoms with Gasteiger partial charge in [0.25, 0.3) is 0 Å². The summed E-state index contributed by atoms with van der Waals surface area (Å²) in [7, 11) is -3.21. The molecular weight excluding hydrogens is 288 g/mol. The van der Waals surface area contributed by atoms with Crippen LogP contribution in [0.4, 0.5) is 0 Å². The second-order valence-corrected chi connectivity index (χ2v) is 6.82. The molecule has 0 amide bonds. The van der Waals surface area contributed by atoms with Crippen molar-refractivity contribution in [1.29, 1.82) is 0 Å². The molecule has 0 unspecified atom stereocenters. The molecule has 0 saturated heterocycles. The van der Waals surface area contributed by atoms with Gasteiger partial charge in [0.1, 0.15) is 0 Å². The molecule has 0 radical (unpaired) electrons. The molecule has 0 fully saturated rings. The molecular formula is C14H14N4O2S. The van der Waals surface area contributed by atoms with Gasteiger partial charge in [-0.05, 0) is 23.8 Å². The molecule has 0 aliphatic carbocycles. The Bertz CT molecular complexity index is 851. The zero-order chi connectivity index (χ0) is 14.9. The number of benzene rings is 1. The van der Waals surface area contributed by atoms with Crippen LogP contribution in [0.5, 0.6) is 0 Å². The fraction of sp³-hybridized carbons (Fsp3) is 0.143. The quantitative estimate of drug-likeness (QED) is 0.796. The lowest BCUT2D eigenvalue weighted by atomic mass is 10.1. The lowest BCUT2D eigenvalue weighted by Gasteiger charge is -2.01. The molecule has 1 aromatic carbocycles. The van der Waals surface area contributed by atoms with E-state index in [9.17, 15) is 8.42 Å². The fourth-order valence-corrected chi connectivity index (χ4v) is 2.72. The van der Waals surface area contributed by atoms with E-state index in [2.05, 4.69) is 15.3 Å². The van der Waals surface area contributed by atoms with Crippen LogP contribution in [-0.4, -0.2) is 34.7 Å². The first-order valence-corrected chi connectivity index (χ1v) is 8.23. The van der Waals surface area contributed by atoms with Gasteiger partial charge >= 0.3 is 0 Å². The number of hydrogen-bond acceptors (Lipinski definition) is 4. The second kappa shape index (κ2) is 5.17. The van der Waals surface area contributed by atoms with Gasteiger partial charge in [0.05, 0.1) is 23.3 Å². The average molecular weight is 302 g/mol. The van der Waals surface area contributed by atoms with Crippen LogP contribution in [0.2, 0.25) is 0 Å². The molecule has 0 aliphatic heterocycles. The largest absolute Gasteiger partial charge is 0.281 e. The number of aromatic amines is 1. The van der Waals surface area contributed by atoms with Gasteiger partial charge < -0.3 is 0 Å². The first kappa shape index (κ1) is 13.6. The van der Waals surface area contributed by atoms with E-state index < -0.39 is 9.84 Å². The third kappa shape index (κ3) is 3.03. The lowest BCUT2D eigenvalue weighted by molar-refractivity contribution is 0.602. The molecule has 108 valence electrons. The minimum Gasteiger partial charge on any atom is -0.281 e. The molecule has 0 spiro atoms. The summed E-state index contributed by atoms with van der Waals surface area (Å²) in [6.07, 6.45) is 6.49. The van der Waals surface area contributed by atoms with Gasteiger partial charge in [0, 0.05) is 24.2 Å². The number of nitrogens with one attached hydrogen (secondary N) is 1. The van der Waals surface area contributed by atoms with Crippen molar-refractivity contribution >= 4 is 9.84 Å². The standard InChI is InChI=1S/C14H14N4O2S/c1-21(19,20)14-4-2-3-11(7-14)12-8-16-18(9-12)10-13-5-6-15-17-13/h2-9H,10H2,1H3,(H,15,17). The van der Waals surface area contributed by atoms with Gasteiger partial charge in [-0.1, -0.05) is 12.1 Å². The van der Waals surface area contributed by atoms with Gasteiger partial charge in [-0.2, -0.15) is 10.2 Å². The number of aromatic nitrogens is 4. The molecule has 0 aliphatic rings. The Hall–Kier alpha value is -2.41. The summed E-state index contributed by atoms with van der Waals surface area (Å²) in [5.74, 6) is 0. The molecule has 0 bridgehead atoms. The van der Waals surface area contributed by atoms with Crippen LogP contribution in [0.15, 0.2) is 53.8 Å². The summed E-state index contributed by atoms with van der Waals surface area (Å²) in [4.78, 5) is 0.307. The zero-order valence-corrected chi connectivity index (χ0v) is 12.2. The molecule has 2 aromatic heterocycles. The van der Waals surface area contributed by atoms with Crippen molar-refractivity contribution in [2.45, 2.75) is 11.4 Å². The summed E-state index contributed by atoms with van der Waals surface area (Å²) in [6, 6.07) is 8.73. The molecule has 3 rings (SSSR count). The van der Waals surface area contributed by atoms with Crippen molar-refractivity contribution in [3.8, 4) is 11.1 Å². The van der Waals surface area contributed by atoms with Crippen molar-refractivity contribution in [3.05, 3.63) is 54.6 Å². The topological polar surface area (TPSA) is 80.6 Å². The van der Waals surface area contributed by atoms with Crippen LogP contribution in [0.1, 0.15) is 5.69 Å². The lowest BCUT2D eigenvalue weighted by Crippen LogP contribution is -2.00. The van der Waals surface area contributed by atoms with Crippen LogP contribution < -0.4 is 0 Å². The maximum Gasteiger partial charge on any atom is 0.175 e. The van der Waals surface area contributed by atoms with E-state index in [-0.39, 0.29) is 0 Å². The van der Waals surface area contributed by atoms with E-state index in [0.717, 1.165) is 16.8 Å². The third-order valence-corrected chi connectivity index (χ3v) is 4.23. The highest BCUT2D eigenvalue weighted by atomic mass is 32.2. The van der Waals surface area contributed by atoms with Gasteiger partial charge in [-0.25, -0.2) is 8.42 Å². The minimum absolute atomic E-state index is 0.307. The van der Waals surface area contributed by atoms with Crippen LogP contribution in [-0.2, 0) is 16.4 Å². The molecule has 7 heteroatoms. The third-order valence-electron chi connectivity index (χ3n) is 3.12. The van der Waals surface area contributed by atoms with E-state index in [1.807, 2.05) is 18.3 Å². The maximum absolute atomic E-state index is 11.6.